The van der Waals surface area contributed by atoms with Gasteiger partial charge in [0.05, 0.1) is 6.33 Å². The summed E-state index contributed by atoms with van der Waals surface area (Å²) >= 11 is 0. The number of nitrogens with one attached hydrogen (secondary N) is 1. The Kier molecular flexibility index (Phi) is 4.79. The Bertz CT molecular complexity index is 1190. The van der Waals surface area contributed by atoms with E-state index in [1.165, 1.54) is 48.8 Å². The van der Waals surface area contributed by atoms with Crippen molar-refractivity contribution in [1.82, 2.24) is 24.0 Å². The van der Waals surface area contributed by atoms with Crippen molar-refractivity contribution < 1.29 is 14.3 Å². The standard InChI is InChI=1S/C22H29N5O5/c1-12(19(29)24-22-7-13-4-14(8-22)6-15(5-13)9-22)32-16(28)10-27-11-23-18-17(27)20(30)26(3)21(31)25(18)2/h11-15H,4-10H2,1-3H3,(H,24,29)/t12-,13?,14?,15?,22?/m0/s1. The third-order valence-corrected chi connectivity index (χ3v) is 7.62. The van der Waals surface area contributed by atoms with Crippen LogP contribution in [0, 0.1) is 17.8 Å². The van der Waals surface area contributed by atoms with Gasteiger partial charge in [-0.3, -0.25) is 23.5 Å². The Labute approximate surface area is 184 Å². The first-order chi connectivity index (χ1) is 15.2. The molecule has 4 aliphatic carbocycles. The molecule has 4 bridgehead atoms. The summed E-state index contributed by atoms with van der Waals surface area (Å²) in [4.78, 5) is 54.1. The molecule has 0 unspecified atom stereocenters. The number of fused-ring (bicyclic) bond motifs is 1. The zero-order valence-corrected chi connectivity index (χ0v) is 18.7. The number of amides is 1. The summed E-state index contributed by atoms with van der Waals surface area (Å²) < 4.78 is 8.96. The molecular formula is C22H29N5O5. The molecule has 0 radical (unpaired) electrons. The molecule has 0 aromatic carbocycles. The summed E-state index contributed by atoms with van der Waals surface area (Å²) in [5, 5.41) is 3.22. The van der Waals surface area contributed by atoms with E-state index >= 15 is 0 Å². The number of rotatable bonds is 5. The van der Waals surface area contributed by atoms with Gasteiger partial charge in [-0.1, -0.05) is 0 Å². The number of carbonyl (C=O) groups is 2. The molecular weight excluding hydrogens is 414 g/mol. The summed E-state index contributed by atoms with van der Waals surface area (Å²) in [5.74, 6) is 1.19. The highest BCUT2D eigenvalue weighted by molar-refractivity contribution is 5.84. The Morgan fingerprint density at radius 1 is 1.12 bits per heavy atom. The Balaban J connectivity index is 1.26. The number of hydrogen-bond donors (Lipinski definition) is 1. The first-order valence-corrected chi connectivity index (χ1v) is 11.3. The van der Waals surface area contributed by atoms with Gasteiger partial charge in [0, 0.05) is 19.6 Å². The Hall–Kier alpha value is -2.91. The average Bonchev–Trinajstić information content (AvgIpc) is 3.12. The van der Waals surface area contributed by atoms with Crippen LogP contribution in [-0.2, 0) is 35.0 Å². The van der Waals surface area contributed by atoms with Crippen molar-refractivity contribution >= 4 is 23.0 Å². The van der Waals surface area contributed by atoms with Gasteiger partial charge >= 0.3 is 11.7 Å². The van der Waals surface area contributed by atoms with Gasteiger partial charge in [-0.2, -0.15) is 0 Å². The van der Waals surface area contributed by atoms with Crippen molar-refractivity contribution in [2.45, 2.75) is 63.6 Å². The van der Waals surface area contributed by atoms with E-state index in [4.69, 9.17) is 4.74 Å². The molecule has 1 N–H and O–H groups in total. The van der Waals surface area contributed by atoms with E-state index in [0.29, 0.717) is 17.8 Å². The van der Waals surface area contributed by atoms with E-state index in [2.05, 4.69) is 10.3 Å². The van der Waals surface area contributed by atoms with Crippen LogP contribution in [0.25, 0.3) is 11.2 Å². The molecule has 32 heavy (non-hydrogen) atoms. The maximum Gasteiger partial charge on any atom is 0.332 e. The van der Waals surface area contributed by atoms with Crippen molar-refractivity contribution in [3.05, 3.63) is 27.2 Å². The summed E-state index contributed by atoms with van der Waals surface area (Å²) in [6.07, 6.45) is 7.30. The summed E-state index contributed by atoms with van der Waals surface area (Å²) in [5.41, 5.74) is -0.855. The highest BCUT2D eigenvalue weighted by atomic mass is 16.5. The van der Waals surface area contributed by atoms with Crippen LogP contribution in [0.4, 0.5) is 0 Å². The lowest BCUT2D eigenvalue weighted by Gasteiger charge is -2.57. The van der Waals surface area contributed by atoms with E-state index < -0.39 is 23.3 Å². The molecule has 1 amide bonds. The quantitative estimate of drug-likeness (QED) is 0.671. The molecule has 10 nitrogen and oxygen atoms in total. The lowest BCUT2D eigenvalue weighted by atomic mass is 9.53. The van der Waals surface area contributed by atoms with E-state index in [-0.39, 0.29) is 29.2 Å². The van der Waals surface area contributed by atoms with Gasteiger partial charge in [0.2, 0.25) is 0 Å². The second-order valence-corrected chi connectivity index (χ2v) is 10.1. The van der Waals surface area contributed by atoms with Crippen LogP contribution < -0.4 is 16.6 Å². The van der Waals surface area contributed by atoms with Crippen molar-refractivity contribution in [2.24, 2.45) is 31.8 Å². The molecule has 0 spiro atoms. The predicted octanol–water partition coefficient (Wildman–Crippen LogP) is 0.450. The molecule has 1 atom stereocenters. The van der Waals surface area contributed by atoms with Gasteiger partial charge in [0.15, 0.2) is 17.3 Å². The number of carbonyl (C=O) groups excluding carboxylic acids is 2. The molecule has 0 saturated heterocycles. The minimum Gasteiger partial charge on any atom is -0.451 e. The molecule has 4 aliphatic rings. The smallest absolute Gasteiger partial charge is 0.332 e. The van der Waals surface area contributed by atoms with Gasteiger partial charge < -0.3 is 14.6 Å². The van der Waals surface area contributed by atoms with Gasteiger partial charge in [0.1, 0.15) is 6.54 Å². The van der Waals surface area contributed by atoms with Gasteiger partial charge in [-0.15, -0.1) is 0 Å². The van der Waals surface area contributed by atoms with Crippen LogP contribution in [0.15, 0.2) is 15.9 Å². The van der Waals surface area contributed by atoms with Crippen molar-refractivity contribution in [1.29, 1.82) is 0 Å². The van der Waals surface area contributed by atoms with Gasteiger partial charge in [-0.05, 0) is 63.2 Å². The van der Waals surface area contributed by atoms with E-state index in [1.807, 2.05) is 0 Å². The monoisotopic (exact) mass is 443 g/mol. The van der Waals surface area contributed by atoms with E-state index in [9.17, 15) is 19.2 Å². The number of aromatic nitrogens is 4. The number of hydrogen-bond acceptors (Lipinski definition) is 6. The Morgan fingerprint density at radius 3 is 2.31 bits per heavy atom. The second-order valence-electron chi connectivity index (χ2n) is 10.1. The number of nitrogens with zero attached hydrogens (tertiary/aromatic N) is 4. The summed E-state index contributed by atoms with van der Waals surface area (Å²) in [6, 6.07) is 0. The van der Waals surface area contributed by atoms with Crippen LogP contribution >= 0.6 is 0 Å². The minimum absolute atomic E-state index is 0.136. The largest absolute Gasteiger partial charge is 0.451 e. The molecule has 4 fully saturated rings. The SMILES string of the molecule is C[C@H](OC(=O)Cn1cnc2c1c(=O)n(C)c(=O)n2C)C(=O)NC12CC3CC(CC(C3)C1)C2. The molecule has 2 aromatic rings. The molecule has 2 aromatic heterocycles. The summed E-state index contributed by atoms with van der Waals surface area (Å²) in [6.45, 7) is 1.29. The van der Waals surface area contributed by atoms with Crippen molar-refractivity contribution in [3.63, 3.8) is 0 Å². The summed E-state index contributed by atoms with van der Waals surface area (Å²) in [7, 11) is 2.88. The van der Waals surface area contributed by atoms with E-state index in [1.54, 1.807) is 6.92 Å². The number of aryl methyl sites for hydroxylation is 1. The molecule has 4 saturated carbocycles. The zero-order valence-electron chi connectivity index (χ0n) is 18.7. The molecule has 10 heteroatoms. The van der Waals surface area contributed by atoms with Crippen molar-refractivity contribution in [2.75, 3.05) is 0 Å². The minimum atomic E-state index is -0.933. The number of ether oxygens (including phenoxy) is 1. The van der Waals surface area contributed by atoms with Crippen LogP contribution in [0.2, 0.25) is 0 Å². The zero-order chi connectivity index (χ0) is 22.8. The fourth-order valence-corrected chi connectivity index (χ4v) is 6.57. The normalized spacial score (nSPS) is 29.3. The van der Waals surface area contributed by atoms with Crippen LogP contribution in [0.3, 0.4) is 0 Å². The predicted molar refractivity (Wildman–Crippen MR) is 115 cm³/mol. The molecule has 6 rings (SSSR count). The molecule has 172 valence electrons. The third kappa shape index (κ3) is 3.36. The number of imidazole rings is 1. The maximum absolute atomic E-state index is 12.9. The Morgan fingerprint density at radius 2 is 1.72 bits per heavy atom. The second kappa shape index (κ2) is 7.31. The lowest BCUT2D eigenvalue weighted by molar-refractivity contribution is -0.157. The highest BCUT2D eigenvalue weighted by Crippen LogP contribution is 2.55. The lowest BCUT2D eigenvalue weighted by Crippen LogP contribution is -2.61. The first kappa shape index (κ1) is 21.0. The maximum atomic E-state index is 12.9. The molecule has 0 aliphatic heterocycles. The molecule has 2 heterocycles. The van der Waals surface area contributed by atoms with Crippen molar-refractivity contribution in [3.8, 4) is 0 Å². The fraction of sp³-hybridized carbons (Fsp3) is 0.682. The first-order valence-electron chi connectivity index (χ1n) is 11.3. The topological polar surface area (TPSA) is 117 Å². The van der Waals surface area contributed by atoms with Gasteiger partial charge in [0.25, 0.3) is 11.5 Å². The van der Waals surface area contributed by atoms with Crippen LogP contribution in [0.5, 0.6) is 0 Å². The van der Waals surface area contributed by atoms with Crippen LogP contribution in [-0.4, -0.2) is 42.2 Å². The van der Waals surface area contributed by atoms with Crippen LogP contribution in [0.1, 0.15) is 45.4 Å². The van der Waals surface area contributed by atoms with Gasteiger partial charge in [-0.25, -0.2) is 9.78 Å². The van der Waals surface area contributed by atoms with E-state index in [0.717, 1.165) is 23.8 Å². The number of esters is 1. The average molecular weight is 444 g/mol. The fourth-order valence-electron chi connectivity index (χ4n) is 6.57. The third-order valence-electron chi connectivity index (χ3n) is 7.62. The highest BCUT2D eigenvalue weighted by Gasteiger charge is 2.51.